The molecule has 2 heterocycles. The molecule has 2 aromatic rings. The molecule has 0 saturated carbocycles. The van der Waals surface area contributed by atoms with Gasteiger partial charge < -0.3 is 25.0 Å². The summed E-state index contributed by atoms with van der Waals surface area (Å²) >= 11 is 1.56. The molecule has 8 nitrogen and oxygen atoms in total. The summed E-state index contributed by atoms with van der Waals surface area (Å²) in [4.78, 5) is 8.73. The summed E-state index contributed by atoms with van der Waals surface area (Å²) in [5.41, 5.74) is -0.113. The number of nitrogens with zero attached hydrogens (tertiary/aromatic N) is 3. The molecule has 2 atom stereocenters. The Morgan fingerprint density at radius 3 is 2.92 bits per heavy atom. The van der Waals surface area contributed by atoms with Crippen molar-refractivity contribution in [2.24, 2.45) is 4.99 Å². The first-order valence-electron chi connectivity index (χ1n) is 8.67. The lowest BCUT2D eigenvalue weighted by molar-refractivity contribution is 0.0621. The van der Waals surface area contributed by atoms with Gasteiger partial charge in [-0.1, -0.05) is 5.16 Å². The van der Waals surface area contributed by atoms with Gasteiger partial charge in [0.15, 0.2) is 11.8 Å². The van der Waals surface area contributed by atoms with E-state index >= 15 is 0 Å². The van der Waals surface area contributed by atoms with Crippen LogP contribution in [0.3, 0.4) is 0 Å². The molecule has 144 valence electrons. The molecule has 0 aliphatic carbocycles. The van der Waals surface area contributed by atoms with Crippen molar-refractivity contribution >= 4 is 17.3 Å². The number of hydrogen-bond acceptors (Lipinski definition) is 7. The van der Waals surface area contributed by atoms with Gasteiger partial charge in [0, 0.05) is 13.2 Å². The average Bonchev–Trinajstić information content (AvgIpc) is 3.29. The number of aliphatic imine (C=N–C) groups is 1. The Balaban J connectivity index is 1.96. The van der Waals surface area contributed by atoms with Crippen molar-refractivity contribution in [2.45, 2.75) is 45.9 Å². The minimum Gasteiger partial charge on any atom is -0.384 e. The second-order valence-corrected chi connectivity index (χ2v) is 6.76. The predicted octanol–water partition coefficient (Wildman–Crippen LogP) is 2.19. The molecule has 0 aromatic carbocycles. The zero-order valence-electron chi connectivity index (χ0n) is 15.7. The molecule has 3 N–H and O–H groups in total. The van der Waals surface area contributed by atoms with E-state index in [2.05, 4.69) is 25.8 Å². The van der Waals surface area contributed by atoms with Gasteiger partial charge in [-0.25, -0.2) is 4.99 Å². The van der Waals surface area contributed by atoms with E-state index in [9.17, 15) is 5.11 Å². The van der Waals surface area contributed by atoms with Crippen molar-refractivity contribution < 1.29 is 14.4 Å². The molecule has 0 aliphatic rings. The maximum atomic E-state index is 10.6. The summed E-state index contributed by atoms with van der Waals surface area (Å²) < 4.78 is 10.7. The van der Waals surface area contributed by atoms with Gasteiger partial charge >= 0.3 is 0 Å². The van der Waals surface area contributed by atoms with E-state index in [-0.39, 0.29) is 12.6 Å². The van der Waals surface area contributed by atoms with Gasteiger partial charge in [0.05, 0.1) is 6.54 Å². The normalized spacial score (nSPS) is 15.5. The minimum absolute atomic E-state index is 0.214. The monoisotopic (exact) mass is 381 g/mol. The molecule has 26 heavy (non-hydrogen) atoms. The summed E-state index contributed by atoms with van der Waals surface area (Å²) in [5, 5.41) is 24.7. The Bertz CT molecular complexity index is 684. The van der Waals surface area contributed by atoms with Crippen molar-refractivity contribution in [1.29, 1.82) is 0 Å². The molecular formula is C17H27N5O3S. The Kier molecular flexibility index (Phi) is 7.55. The molecule has 0 saturated heterocycles. The highest BCUT2D eigenvalue weighted by molar-refractivity contribution is 7.08. The topological polar surface area (TPSA) is 105 Å². The number of nitrogens with one attached hydrogen (secondary N) is 2. The summed E-state index contributed by atoms with van der Waals surface area (Å²) in [6, 6.07) is 1.91. The first kappa shape index (κ1) is 20.3. The van der Waals surface area contributed by atoms with Crippen LogP contribution in [0.2, 0.25) is 0 Å². The van der Waals surface area contributed by atoms with Crippen LogP contribution >= 0.6 is 11.3 Å². The third kappa shape index (κ3) is 5.79. The molecule has 9 heteroatoms. The summed E-state index contributed by atoms with van der Waals surface area (Å²) in [7, 11) is 0. The molecule has 0 bridgehead atoms. The number of hydrogen-bond donors (Lipinski definition) is 3. The fourth-order valence-electron chi connectivity index (χ4n) is 2.24. The van der Waals surface area contributed by atoms with Crippen molar-refractivity contribution in [3.63, 3.8) is 0 Å². The van der Waals surface area contributed by atoms with E-state index in [0.29, 0.717) is 37.4 Å². The van der Waals surface area contributed by atoms with Crippen LogP contribution in [0.1, 0.15) is 51.1 Å². The maximum Gasteiger partial charge on any atom is 0.248 e. The Labute approximate surface area is 157 Å². The SMILES string of the molecule is CCNC(=NCc1nc(C(C)OCC)no1)NCC(C)(O)c1ccsc1. The van der Waals surface area contributed by atoms with E-state index < -0.39 is 5.60 Å². The predicted molar refractivity (Wildman–Crippen MR) is 101 cm³/mol. The van der Waals surface area contributed by atoms with Crippen molar-refractivity contribution in [3.8, 4) is 0 Å². The van der Waals surface area contributed by atoms with Crippen LogP contribution in [0.4, 0.5) is 0 Å². The highest BCUT2D eigenvalue weighted by Gasteiger charge is 2.23. The molecule has 0 spiro atoms. The zero-order chi connectivity index (χ0) is 19.0. The molecule has 2 aromatic heterocycles. The lowest BCUT2D eigenvalue weighted by atomic mass is 9.99. The van der Waals surface area contributed by atoms with Gasteiger partial charge in [-0.15, -0.1) is 0 Å². The Morgan fingerprint density at radius 1 is 1.46 bits per heavy atom. The van der Waals surface area contributed by atoms with Gasteiger partial charge in [-0.2, -0.15) is 16.3 Å². The van der Waals surface area contributed by atoms with Crippen molar-refractivity contribution in [3.05, 3.63) is 34.1 Å². The summed E-state index contributed by atoms with van der Waals surface area (Å²) in [6.07, 6.45) is -0.214. The third-order valence-electron chi connectivity index (χ3n) is 3.72. The van der Waals surface area contributed by atoms with Crippen LogP contribution in [-0.4, -0.2) is 40.9 Å². The molecule has 2 rings (SSSR count). The summed E-state index contributed by atoms with van der Waals surface area (Å²) in [5.74, 6) is 1.49. The number of guanidine groups is 1. The van der Waals surface area contributed by atoms with Crippen molar-refractivity contribution in [2.75, 3.05) is 19.7 Å². The van der Waals surface area contributed by atoms with E-state index in [1.54, 1.807) is 18.3 Å². The molecule has 0 radical (unpaired) electrons. The van der Waals surface area contributed by atoms with E-state index in [0.717, 1.165) is 5.56 Å². The largest absolute Gasteiger partial charge is 0.384 e. The number of aliphatic hydroxyl groups is 1. The fourth-order valence-corrected chi connectivity index (χ4v) is 3.02. The van der Waals surface area contributed by atoms with Gasteiger partial charge in [-0.05, 0) is 50.1 Å². The van der Waals surface area contributed by atoms with E-state index in [1.165, 1.54) is 0 Å². The van der Waals surface area contributed by atoms with E-state index in [1.807, 2.05) is 37.6 Å². The number of ether oxygens (including phenoxy) is 1. The lowest BCUT2D eigenvalue weighted by Crippen LogP contribution is -2.44. The fraction of sp³-hybridized carbons (Fsp3) is 0.588. The molecular weight excluding hydrogens is 354 g/mol. The minimum atomic E-state index is -0.985. The highest BCUT2D eigenvalue weighted by atomic mass is 32.1. The first-order chi connectivity index (χ1) is 12.5. The average molecular weight is 382 g/mol. The highest BCUT2D eigenvalue weighted by Crippen LogP contribution is 2.22. The van der Waals surface area contributed by atoms with Crippen LogP contribution in [0.25, 0.3) is 0 Å². The van der Waals surface area contributed by atoms with Gasteiger partial charge in [0.2, 0.25) is 5.89 Å². The van der Waals surface area contributed by atoms with E-state index in [4.69, 9.17) is 9.26 Å². The number of thiophene rings is 1. The zero-order valence-corrected chi connectivity index (χ0v) is 16.5. The number of aromatic nitrogens is 2. The third-order valence-corrected chi connectivity index (χ3v) is 4.41. The van der Waals surface area contributed by atoms with Gasteiger partial charge in [-0.3, -0.25) is 0 Å². The standard InChI is InChI=1S/C17H27N5O3S/c1-5-18-16(20-11-17(4,23)13-7-8-26-10-13)19-9-14-21-15(22-25-14)12(3)24-6-2/h7-8,10,12,23H,5-6,9,11H2,1-4H3,(H2,18,19,20). The van der Waals surface area contributed by atoms with Crippen LogP contribution in [0.15, 0.2) is 26.3 Å². The van der Waals surface area contributed by atoms with Crippen LogP contribution in [0, 0.1) is 0 Å². The Morgan fingerprint density at radius 2 is 2.27 bits per heavy atom. The van der Waals surface area contributed by atoms with Crippen molar-refractivity contribution in [1.82, 2.24) is 20.8 Å². The molecule has 2 unspecified atom stereocenters. The maximum absolute atomic E-state index is 10.6. The summed E-state index contributed by atoms with van der Waals surface area (Å²) in [6.45, 7) is 9.38. The molecule has 0 fully saturated rings. The quantitative estimate of drug-likeness (QED) is 0.452. The first-order valence-corrected chi connectivity index (χ1v) is 9.61. The van der Waals surface area contributed by atoms with Gasteiger partial charge in [0.25, 0.3) is 0 Å². The molecule has 0 aliphatic heterocycles. The smallest absolute Gasteiger partial charge is 0.248 e. The van der Waals surface area contributed by atoms with Gasteiger partial charge in [0.1, 0.15) is 18.2 Å². The van der Waals surface area contributed by atoms with Crippen LogP contribution in [-0.2, 0) is 16.9 Å². The van der Waals surface area contributed by atoms with Crippen LogP contribution in [0.5, 0.6) is 0 Å². The Hall–Kier alpha value is -1.97. The number of rotatable bonds is 9. The van der Waals surface area contributed by atoms with Crippen LogP contribution < -0.4 is 10.6 Å². The second kappa shape index (κ2) is 9.65. The molecule has 0 amide bonds. The lowest BCUT2D eigenvalue weighted by Gasteiger charge is -2.24. The second-order valence-electron chi connectivity index (χ2n) is 5.98.